The zero-order valence-corrected chi connectivity index (χ0v) is 20.0. The second kappa shape index (κ2) is 9.24. The molecule has 4 rings (SSSR count). The molecule has 1 N–H and O–H groups in total. The molecule has 4 nitrogen and oxygen atoms in total. The predicted octanol–water partition coefficient (Wildman–Crippen LogP) is 5.55. The van der Waals surface area contributed by atoms with E-state index in [1.54, 1.807) is 6.07 Å². The van der Waals surface area contributed by atoms with Crippen LogP contribution in [-0.4, -0.2) is 36.2 Å². The number of nitrogens with zero attached hydrogens (tertiary/aromatic N) is 1. The topological polar surface area (TPSA) is 49.4 Å². The van der Waals surface area contributed by atoms with Gasteiger partial charge in [-0.25, -0.2) is 4.39 Å². The normalized spacial score (nSPS) is 25.7. The van der Waals surface area contributed by atoms with Gasteiger partial charge in [-0.1, -0.05) is 26.8 Å². The standard InChI is InChI=1S/C27H39FN2O2.H2/c1-26(2,3)11-14-30-15-12-27(13-16-30)10-9-23(21-8-7-20(28)18-22(21)27)29-25(32)17-19-5-4-6-24(19)31;/h7-8,18-19,23H,4-6,9-17H2,1-3H3,(H,29,32);1H/t19?,23-;/m0./s1. The summed E-state index contributed by atoms with van der Waals surface area (Å²) in [5, 5.41) is 3.19. The highest BCUT2D eigenvalue weighted by molar-refractivity contribution is 5.88. The molecule has 5 heteroatoms. The van der Waals surface area contributed by atoms with Crippen molar-refractivity contribution in [2.45, 2.75) is 90.0 Å². The third-order valence-corrected chi connectivity index (χ3v) is 8.06. The zero-order chi connectivity index (χ0) is 22.9. The summed E-state index contributed by atoms with van der Waals surface area (Å²) in [6, 6.07) is 5.04. The van der Waals surface area contributed by atoms with E-state index in [9.17, 15) is 14.0 Å². The molecule has 32 heavy (non-hydrogen) atoms. The number of likely N-dealkylation sites (tertiary alicyclic amines) is 1. The minimum Gasteiger partial charge on any atom is -0.349 e. The second-order valence-corrected chi connectivity index (χ2v) is 11.6. The van der Waals surface area contributed by atoms with Crippen LogP contribution in [0.25, 0.3) is 0 Å². The number of halogens is 1. The van der Waals surface area contributed by atoms with Crippen LogP contribution in [0.3, 0.4) is 0 Å². The van der Waals surface area contributed by atoms with E-state index < -0.39 is 0 Å². The van der Waals surface area contributed by atoms with Gasteiger partial charge < -0.3 is 10.2 Å². The van der Waals surface area contributed by atoms with Gasteiger partial charge in [0, 0.05) is 20.2 Å². The average Bonchev–Trinajstić information content (AvgIpc) is 3.13. The molecule has 1 aromatic carbocycles. The average molecular weight is 445 g/mol. The van der Waals surface area contributed by atoms with Gasteiger partial charge in [0.1, 0.15) is 11.6 Å². The Morgan fingerprint density at radius 2 is 1.97 bits per heavy atom. The van der Waals surface area contributed by atoms with Gasteiger partial charge in [-0.3, -0.25) is 9.59 Å². The summed E-state index contributed by atoms with van der Waals surface area (Å²) in [5.74, 6) is -0.126. The quantitative estimate of drug-likeness (QED) is 0.648. The highest BCUT2D eigenvalue weighted by atomic mass is 19.1. The molecule has 2 aliphatic carbocycles. The molecule has 1 saturated carbocycles. The van der Waals surface area contributed by atoms with Crippen LogP contribution in [-0.2, 0) is 15.0 Å². The molecule has 1 spiro atoms. The van der Waals surface area contributed by atoms with Gasteiger partial charge >= 0.3 is 0 Å². The molecule has 0 bridgehead atoms. The molecular weight excluding hydrogens is 403 g/mol. The van der Waals surface area contributed by atoms with Crippen molar-refractivity contribution in [3.63, 3.8) is 0 Å². The Morgan fingerprint density at radius 1 is 1.22 bits per heavy atom. The fourth-order valence-corrected chi connectivity index (χ4v) is 5.95. The summed E-state index contributed by atoms with van der Waals surface area (Å²) in [5.41, 5.74) is 2.52. The van der Waals surface area contributed by atoms with E-state index in [4.69, 9.17) is 0 Å². The molecule has 1 amide bonds. The molecule has 1 saturated heterocycles. The Bertz CT molecular complexity index is 858. The number of carbonyl (C=O) groups is 2. The summed E-state index contributed by atoms with van der Waals surface area (Å²) in [4.78, 5) is 27.2. The summed E-state index contributed by atoms with van der Waals surface area (Å²) in [6.45, 7) is 10.1. The first kappa shape index (κ1) is 23.4. The lowest BCUT2D eigenvalue weighted by atomic mass is 9.63. The monoisotopic (exact) mass is 444 g/mol. The second-order valence-electron chi connectivity index (χ2n) is 11.6. The highest BCUT2D eigenvalue weighted by Gasteiger charge is 2.42. The lowest BCUT2D eigenvalue weighted by Gasteiger charge is -2.47. The largest absolute Gasteiger partial charge is 0.349 e. The van der Waals surface area contributed by atoms with E-state index in [2.05, 4.69) is 31.0 Å². The van der Waals surface area contributed by atoms with Crippen molar-refractivity contribution < 1.29 is 15.4 Å². The predicted molar refractivity (Wildman–Crippen MR) is 127 cm³/mol. The third-order valence-electron chi connectivity index (χ3n) is 8.06. The van der Waals surface area contributed by atoms with E-state index >= 15 is 0 Å². The number of hydrogen-bond acceptors (Lipinski definition) is 3. The molecule has 1 aromatic rings. The molecule has 1 unspecified atom stereocenters. The zero-order valence-electron chi connectivity index (χ0n) is 20.0. The number of Topliss-reactive ketones (excluding diaryl/α,β-unsaturated/α-hetero) is 1. The smallest absolute Gasteiger partial charge is 0.221 e. The maximum atomic E-state index is 14.3. The third kappa shape index (κ3) is 5.24. The first-order valence-electron chi connectivity index (χ1n) is 12.5. The van der Waals surface area contributed by atoms with Crippen LogP contribution in [0.15, 0.2) is 18.2 Å². The van der Waals surface area contributed by atoms with Gasteiger partial charge in [-0.15, -0.1) is 0 Å². The Kier molecular flexibility index (Phi) is 6.76. The number of nitrogens with one attached hydrogen (secondary N) is 1. The number of carbonyl (C=O) groups excluding carboxylic acids is 2. The Hall–Kier alpha value is -1.75. The number of ketones is 1. The van der Waals surface area contributed by atoms with Crippen LogP contribution < -0.4 is 5.32 Å². The van der Waals surface area contributed by atoms with Crippen LogP contribution in [0.5, 0.6) is 0 Å². The van der Waals surface area contributed by atoms with E-state index in [1.165, 1.54) is 12.5 Å². The molecule has 2 fully saturated rings. The first-order valence-corrected chi connectivity index (χ1v) is 12.5. The Balaban J connectivity index is 0.00000306. The van der Waals surface area contributed by atoms with Gasteiger partial charge in [0.25, 0.3) is 0 Å². The van der Waals surface area contributed by atoms with Gasteiger partial charge in [0.2, 0.25) is 5.91 Å². The molecule has 1 aliphatic heterocycles. The highest BCUT2D eigenvalue weighted by Crippen LogP contribution is 2.48. The molecular formula is C27H41FN2O2. The van der Waals surface area contributed by atoms with Gasteiger partial charge in [-0.2, -0.15) is 0 Å². The molecule has 0 aromatic heterocycles. The van der Waals surface area contributed by atoms with Gasteiger partial charge in [0.15, 0.2) is 0 Å². The summed E-state index contributed by atoms with van der Waals surface area (Å²) in [6.07, 6.45) is 7.76. The number of piperidine rings is 1. The van der Waals surface area contributed by atoms with Crippen LogP contribution >= 0.6 is 0 Å². The van der Waals surface area contributed by atoms with Crippen LogP contribution in [0, 0.1) is 17.2 Å². The minimum absolute atomic E-state index is 0. The minimum atomic E-state index is -0.193. The van der Waals surface area contributed by atoms with Crippen molar-refractivity contribution in [1.82, 2.24) is 10.2 Å². The Morgan fingerprint density at radius 3 is 2.62 bits per heavy atom. The lowest BCUT2D eigenvalue weighted by Crippen LogP contribution is -2.47. The van der Waals surface area contributed by atoms with Crippen molar-refractivity contribution in [3.8, 4) is 0 Å². The fraction of sp³-hybridized carbons (Fsp3) is 0.704. The van der Waals surface area contributed by atoms with Crippen LogP contribution in [0.1, 0.15) is 97.2 Å². The molecule has 2 atom stereocenters. The number of hydrogen-bond donors (Lipinski definition) is 1. The van der Waals surface area contributed by atoms with Crippen LogP contribution in [0.2, 0.25) is 0 Å². The maximum absolute atomic E-state index is 14.3. The Labute approximate surface area is 193 Å². The summed E-state index contributed by atoms with van der Waals surface area (Å²) >= 11 is 0. The number of rotatable bonds is 5. The SMILES string of the molecule is CC(C)(C)CCN1CCC2(CC[C@H](NC(=O)CC3CCCC3=O)c3ccc(F)cc32)CC1.[HH]. The molecule has 1 heterocycles. The number of amides is 1. The fourth-order valence-electron chi connectivity index (χ4n) is 5.95. The van der Waals surface area contributed by atoms with Crippen molar-refractivity contribution in [2.24, 2.45) is 11.3 Å². The maximum Gasteiger partial charge on any atom is 0.221 e. The first-order chi connectivity index (χ1) is 15.2. The van der Waals surface area contributed by atoms with E-state index in [0.29, 0.717) is 18.3 Å². The summed E-state index contributed by atoms with van der Waals surface area (Å²) in [7, 11) is 0. The lowest BCUT2D eigenvalue weighted by molar-refractivity contribution is -0.128. The van der Waals surface area contributed by atoms with Gasteiger partial charge in [-0.05, 0) is 98.7 Å². The van der Waals surface area contributed by atoms with E-state index in [0.717, 1.165) is 69.3 Å². The van der Waals surface area contributed by atoms with E-state index in [1.807, 2.05) is 6.07 Å². The van der Waals surface area contributed by atoms with Gasteiger partial charge in [0.05, 0.1) is 6.04 Å². The van der Waals surface area contributed by atoms with E-state index in [-0.39, 0.29) is 36.3 Å². The van der Waals surface area contributed by atoms with Crippen LogP contribution in [0.4, 0.5) is 4.39 Å². The van der Waals surface area contributed by atoms with Crippen molar-refractivity contribution in [1.29, 1.82) is 0 Å². The number of benzene rings is 1. The molecule has 3 aliphatic rings. The molecule has 178 valence electrons. The number of fused-ring (bicyclic) bond motifs is 2. The summed E-state index contributed by atoms with van der Waals surface area (Å²) < 4.78 is 14.3. The van der Waals surface area contributed by atoms with Crippen molar-refractivity contribution in [2.75, 3.05) is 19.6 Å². The molecule has 0 radical (unpaired) electrons. The van der Waals surface area contributed by atoms with Crippen molar-refractivity contribution in [3.05, 3.63) is 35.1 Å². The van der Waals surface area contributed by atoms with Crippen molar-refractivity contribution >= 4 is 11.7 Å².